The van der Waals surface area contributed by atoms with E-state index >= 15 is 0 Å². The summed E-state index contributed by atoms with van der Waals surface area (Å²) in [7, 11) is -3.06. The van der Waals surface area contributed by atoms with Crippen LogP contribution in [0.15, 0.2) is 42.6 Å². The maximum absolute atomic E-state index is 13.4. The standard InChI is InChI=1S/C28H41N2O4P/c1-4-7-19-33-35(32,34-20-8-5-2)21-12-11-14-22(6-3)30-28(31)26-24-16-10-9-15-23(24)25-17-13-18-29-27(25)26/h9-10,13,15-18,22,26H,4-8,11-12,14,19-21H2,1-3H3,(H,30,31). The molecule has 1 aromatic carbocycles. The molecule has 0 spiro atoms. The Morgan fingerprint density at radius 1 is 0.971 bits per heavy atom. The van der Waals surface area contributed by atoms with Gasteiger partial charge in [-0.2, -0.15) is 0 Å². The summed E-state index contributed by atoms with van der Waals surface area (Å²) >= 11 is 0. The predicted molar refractivity (Wildman–Crippen MR) is 142 cm³/mol. The lowest BCUT2D eigenvalue weighted by molar-refractivity contribution is -0.122. The van der Waals surface area contributed by atoms with E-state index in [9.17, 15) is 9.36 Å². The molecular weight excluding hydrogens is 459 g/mol. The second kappa shape index (κ2) is 13.9. The van der Waals surface area contributed by atoms with Gasteiger partial charge in [-0.3, -0.25) is 14.3 Å². The third-order valence-electron chi connectivity index (χ3n) is 6.58. The van der Waals surface area contributed by atoms with Gasteiger partial charge < -0.3 is 14.4 Å². The second-order valence-corrected chi connectivity index (χ2v) is 11.5. The Labute approximate surface area is 210 Å². The minimum atomic E-state index is -3.06. The van der Waals surface area contributed by atoms with Crippen LogP contribution in [0.5, 0.6) is 0 Å². The maximum Gasteiger partial charge on any atom is 0.330 e. The van der Waals surface area contributed by atoms with Gasteiger partial charge in [-0.25, -0.2) is 0 Å². The number of aromatic nitrogens is 1. The van der Waals surface area contributed by atoms with E-state index in [1.54, 1.807) is 6.20 Å². The quantitative estimate of drug-likeness (QED) is 0.197. The van der Waals surface area contributed by atoms with Crippen LogP contribution in [0.2, 0.25) is 0 Å². The molecule has 0 aliphatic heterocycles. The number of carbonyl (C=O) groups excluding carboxylic acids is 1. The highest BCUT2D eigenvalue weighted by molar-refractivity contribution is 7.53. The summed E-state index contributed by atoms with van der Waals surface area (Å²) in [6, 6.07) is 12.1. The number of nitrogens with zero attached hydrogens (tertiary/aromatic N) is 1. The zero-order valence-electron chi connectivity index (χ0n) is 21.5. The van der Waals surface area contributed by atoms with Crippen LogP contribution in [0.3, 0.4) is 0 Å². The average Bonchev–Trinajstić information content (AvgIpc) is 3.21. The molecule has 1 aromatic heterocycles. The summed E-state index contributed by atoms with van der Waals surface area (Å²) in [5.41, 5.74) is 3.97. The van der Waals surface area contributed by atoms with Gasteiger partial charge in [0.1, 0.15) is 5.92 Å². The van der Waals surface area contributed by atoms with Gasteiger partial charge >= 0.3 is 7.60 Å². The number of benzene rings is 1. The van der Waals surface area contributed by atoms with E-state index < -0.39 is 7.60 Å². The van der Waals surface area contributed by atoms with Crippen LogP contribution >= 0.6 is 7.60 Å². The molecule has 1 amide bonds. The van der Waals surface area contributed by atoms with Gasteiger partial charge in [0, 0.05) is 17.8 Å². The highest BCUT2D eigenvalue weighted by atomic mass is 31.2. The van der Waals surface area contributed by atoms with E-state index in [-0.39, 0.29) is 17.9 Å². The molecule has 35 heavy (non-hydrogen) atoms. The van der Waals surface area contributed by atoms with Gasteiger partial charge in [0.15, 0.2) is 0 Å². The summed E-state index contributed by atoms with van der Waals surface area (Å²) in [6.07, 6.45) is 9.22. The maximum atomic E-state index is 13.4. The molecule has 0 fully saturated rings. The molecule has 1 aliphatic rings. The Morgan fingerprint density at radius 3 is 2.34 bits per heavy atom. The van der Waals surface area contributed by atoms with E-state index in [1.165, 1.54) is 0 Å². The fourth-order valence-electron chi connectivity index (χ4n) is 4.50. The Bertz CT molecular complexity index is 937. The van der Waals surface area contributed by atoms with E-state index in [2.05, 4.69) is 37.1 Å². The fraction of sp³-hybridized carbons (Fsp3) is 0.571. The molecule has 2 atom stereocenters. The second-order valence-electron chi connectivity index (χ2n) is 9.27. The Balaban J connectivity index is 1.54. The number of rotatable bonds is 16. The number of hydrogen-bond acceptors (Lipinski definition) is 5. The van der Waals surface area contributed by atoms with E-state index in [0.717, 1.165) is 73.8 Å². The number of amides is 1. The molecular formula is C28H41N2O4P. The van der Waals surface area contributed by atoms with Crippen molar-refractivity contribution in [3.63, 3.8) is 0 Å². The summed E-state index contributed by atoms with van der Waals surface area (Å²) in [5, 5.41) is 3.26. The van der Waals surface area contributed by atoms with Crippen LogP contribution in [-0.4, -0.2) is 36.3 Å². The predicted octanol–water partition coefficient (Wildman–Crippen LogP) is 7.09. The monoisotopic (exact) mass is 500 g/mol. The number of nitrogens with one attached hydrogen (secondary N) is 1. The lowest BCUT2D eigenvalue weighted by Crippen LogP contribution is -2.37. The van der Waals surface area contributed by atoms with Crippen molar-refractivity contribution in [2.45, 2.75) is 84.1 Å². The van der Waals surface area contributed by atoms with Crippen LogP contribution in [0.1, 0.15) is 89.3 Å². The highest BCUT2D eigenvalue weighted by Crippen LogP contribution is 2.49. The van der Waals surface area contributed by atoms with E-state index in [1.807, 2.05) is 30.3 Å². The zero-order chi connectivity index (χ0) is 25.1. The zero-order valence-corrected chi connectivity index (χ0v) is 22.4. The Morgan fingerprint density at radius 2 is 1.66 bits per heavy atom. The van der Waals surface area contributed by atoms with Crippen LogP contribution < -0.4 is 5.32 Å². The van der Waals surface area contributed by atoms with Crippen molar-refractivity contribution in [3.8, 4) is 11.1 Å². The average molecular weight is 501 g/mol. The van der Waals surface area contributed by atoms with Gasteiger partial charge in [-0.1, -0.05) is 70.4 Å². The molecule has 6 nitrogen and oxygen atoms in total. The first-order chi connectivity index (χ1) is 17.0. The summed E-state index contributed by atoms with van der Waals surface area (Å²) in [5.74, 6) is -0.381. The summed E-state index contributed by atoms with van der Waals surface area (Å²) in [4.78, 5) is 17.9. The summed E-state index contributed by atoms with van der Waals surface area (Å²) < 4.78 is 24.6. The molecule has 0 saturated carbocycles. The lowest BCUT2D eigenvalue weighted by Gasteiger charge is -2.21. The van der Waals surface area contributed by atoms with Gasteiger partial charge in [-0.15, -0.1) is 0 Å². The molecule has 1 heterocycles. The topological polar surface area (TPSA) is 77.5 Å². The van der Waals surface area contributed by atoms with Gasteiger partial charge in [0.2, 0.25) is 5.91 Å². The van der Waals surface area contributed by atoms with Crippen LogP contribution in [0, 0.1) is 0 Å². The van der Waals surface area contributed by atoms with Crippen molar-refractivity contribution in [1.29, 1.82) is 0 Å². The molecule has 0 radical (unpaired) electrons. The summed E-state index contributed by atoms with van der Waals surface area (Å²) in [6.45, 7) is 7.22. The number of fused-ring (bicyclic) bond motifs is 3. The molecule has 3 rings (SSSR count). The third kappa shape index (κ3) is 7.49. The first-order valence-electron chi connectivity index (χ1n) is 13.3. The van der Waals surface area contributed by atoms with Crippen LogP contribution in [-0.2, 0) is 18.4 Å². The normalized spacial score (nSPS) is 15.5. The third-order valence-corrected chi connectivity index (χ3v) is 8.60. The molecule has 0 bridgehead atoms. The van der Waals surface area contributed by atoms with Gasteiger partial charge in [0.25, 0.3) is 0 Å². The van der Waals surface area contributed by atoms with E-state index in [4.69, 9.17) is 9.05 Å². The first kappa shape index (κ1) is 27.6. The number of pyridine rings is 1. The Hall–Kier alpha value is -2.01. The number of carbonyl (C=O) groups is 1. The van der Waals surface area contributed by atoms with Crippen molar-refractivity contribution < 1.29 is 18.4 Å². The van der Waals surface area contributed by atoms with E-state index in [0.29, 0.717) is 19.4 Å². The molecule has 192 valence electrons. The van der Waals surface area contributed by atoms with Crippen molar-refractivity contribution in [3.05, 3.63) is 53.9 Å². The van der Waals surface area contributed by atoms with Crippen LogP contribution in [0.25, 0.3) is 11.1 Å². The molecule has 7 heteroatoms. The smallest absolute Gasteiger partial charge is 0.330 e. The molecule has 1 N–H and O–H groups in total. The van der Waals surface area contributed by atoms with Crippen LogP contribution in [0.4, 0.5) is 0 Å². The minimum Gasteiger partial charge on any atom is -0.353 e. The SMILES string of the molecule is CCCCOP(=O)(CCCCC(CC)NC(=O)C1c2ccccc2-c2cccnc21)OCCCC. The highest BCUT2D eigenvalue weighted by Gasteiger charge is 2.35. The minimum absolute atomic E-state index is 0.00165. The lowest BCUT2D eigenvalue weighted by atomic mass is 9.98. The van der Waals surface area contributed by atoms with Crippen molar-refractivity contribution in [1.82, 2.24) is 10.3 Å². The van der Waals surface area contributed by atoms with Crippen molar-refractivity contribution in [2.24, 2.45) is 0 Å². The number of unbranched alkanes of at least 4 members (excludes halogenated alkanes) is 3. The number of hydrogen-bond donors (Lipinski definition) is 1. The molecule has 0 saturated heterocycles. The first-order valence-corrected chi connectivity index (χ1v) is 15.0. The Kier molecular flexibility index (Phi) is 11.0. The van der Waals surface area contributed by atoms with Crippen molar-refractivity contribution in [2.75, 3.05) is 19.4 Å². The largest absolute Gasteiger partial charge is 0.353 e. The van der Waals surface area contributed by atoms with Gasteiger partial charge in [-0.05, 0) is 49.3 Å². The van der Waals surface area contributed by atoms with Gasteiger partial charge in [0.05, 0.1) is 25.1 Å². The van der Waals surface area contributed by atoms with Crippen molar-refractivity contribution >= 4 is 13.5 Å². The molecule has 2 aromatic rings. The fourth-order valence-corrected chi connectivity index (χ4v) is 6.26. The molecule has 2 unspecified atom stereocenters. The molecule has 1 aliphatic carbocycles.